The Balaban J connectivity index is 2.48. The number of nitrogen functional groups attached to an aromatic ring is 1. The topological polar surface area (TPSA) is 41.8 Å². The van der Waals surface area contributed by atoms with Crippen molar-refractivity contribution in [2.45, 2.75) is 6.92 Å². The second-order valence-corrected chi connectivity index (χ2v) is 4.16. The second-order valence-electron chi connectivity index (χ2n) is 4.16. The largest absolute Gasteiger partial charge is 0.399 e. The van der Waals surface area contributed by atoms with Crippen molar-refractivity contribution in [2.75, 3.05) is 5.73 Å². The summed E-state index contributed by atoms with van der Waals surface area (Å²) in [6, 6.07) is 9.51. The van der Waals surface area contributed by atoms with E-state index in [0.717, 1.165) is 27.4 Å². The number of nitrogens with two attached hydrogens (primary N) is 1. The molecule has 2 heteroatoms. The molecule has 0 radical (unpaired) electrons. The van der Waals surface area contributed by atoms with Crippen LogP contribution in [0.2, 0.25) is 0 Å². The van der Waals surface area contributed by atoms with E-state index in [-0.39, 0.29) is 0 Å². The molecule has 0 atom stereocenters. The molecule has 19 heavy (non-hydrogen) atoms. The van der Waals surface area contributed by atoms with Crippen molar-refractivity contribution >= 4 is 17.8 Å². The molecular formula is C17H16N2. The van der Waals surface area contributed by atoms with Crippen molar-refractivity contribution < 1.29 is 0 Å². The van der Waals surface area contributed by atoms with Crippen LogP contribution in [0, 0.1) is 11.8 Å². The molecule has 0 spiro atoms. The normalized spacial score (nSPS) is 12.1. The fourth-order valence-corrected chi connectivity index (χ4v) is 1.73. The third kappa shape index (κ3) is 3.17. The summed E-state index contributed by atoms with van der Waals surface area (Å²) >= 11 is 0. The minimum Gasteiger partial charge on any atom is -0.399 e. The minimum absolute atomic E-state index is 0.744. The molecule has 94 valence electrons. The van der Waals surface area contributed by atoms with Gasteiger partial charge in [0.25, 0.3) is 0 Å². The van der Waals surface area contributed by atoms with Crippen molar-refractivity contribution in [1.82, 2.24) is 4.98 Å². The zero-order chi connectivity index (χ0) is 13.7. The van der Waals surface area contributed by atoms with Crippen LogP contribution in [-0.4, -0.2) is 4.98 Å². The number of aromatic amines is 1. The first-order valence-corrected chi connectivity index (χ1v) is 6.07. The second kappa shape index (κ2) is 5.79. The molecule has 2 rings (SSSR count). The highest BCUT2D eigenvalue weighted by molar-refractivity contribution is 5.73. The summed E-state index contributed by atoms with van der Waals surface area (Å²) in [6.45, 7) is 5.93. The van der Waals surface area contributed by atoms with Gasteiger partial charge >= 0.3 is 0 Å². The molecule has 0 saturated carbocycles. The van der Waals surface area contributed by atoms with Gasteiger partial charge in [-0.2, -0.15) is 0 Å². The van der Waals surface area contributed by atoms with Gasteiger partial charge in [-0.1, -0.05) is 30.6 Å². The van der Waals surface area contributed by atoms with Crippen molar-refractivity contribution in [1.29, 1.82) is 0 Å². The number of H-pyrrole nitrogens is 1. The first-order valence-electron chi connectivity index (χ1n) is 6.07. The molecule has 1 heterocycles. The first-order chi connectivity index (χ1) is 9.20. The number of hydrogen-bond donors (Lipinski definition) is 2. The summed E-state index contributed by atoms with van der Waals surface area (Å²) in [4.78, 5) is 3.06. The van der Waals surface area contributed by atoms with Gasteiger partial charge in [-0.15, -0.1) is 0 Å². The van der Waals surface area contributed by atoms with E-state index in [4.69, 9.17) is 5.73 Å². The Bertz CT molecular complexity index is 750. The van der Waals surface area contributed by atoms with Gasteiger partial charge in [0.05, 0.1) is 0 Å². The SMILES string of the molecule is C=c1[nH]cc/c1=C(C#Cc1ccc(N)cc1)/C=C\C. The lowest BCUT2D eigenvalue weighted by molar-refractivity contribution is 1.32. The van der Waals surface area contributed by atoms with Crippen LogP contribution in [0.3, 0.4) is 0 Å². The standard InChI is InChI=1S/C17H16N2/c1-3-4-15(17-11-12-19-13(17)2)8-5-14-6-9-16(18)10-7-14/h3-4,6-7,9-12,19H,2,18H2,1H3/b4-3-,17-15+. The maximum absolute atomic E-state index is 5.65. The smallest absolute Gasteiger partial charge is 0.0393 e. The van der Waals surface area contributed by atoms with Crippen molar-refractivity contribution in [2.24, 2.45) is 0 Å². The molecule has 1 aromatic carbocycles. The van der Waals surface area contributed by atoms with Gasteiger partial charge < -0.3 is 10.7 Å². The summed E-state index contributed by atoms with van der Waals surface area (Å²) in [5, 5.41) is 1.90. The molecule has 1 aromatic heterocycles. The van der Waals surface area contributed by atoms with E-state index in [1.54, 1.807) is 0 Å². The number of benzene rings is 1. The van der Waals surface area contributed by atoms with Gasteiger partial charge in [-0.05, 0) is 37.3 Å². The summed E-state index contributed by atoms with van der Waals surface area (Å²) < 4.78 is 0. The summed E-state index contributed by atoms with van der Waals surface area (Å²) in [5.74, 6) is 6.32. The number of rotatable bonds is 1. The van der Waals surface area contributed by atoms with E-state index in [0.29, 0.717) is 0 Å². The fourth-order valence-electron chi connectivity index (χ4n) is 1.73. The number of allylic oxidation sites excluding steroid dienone is 2. The van der Waals surface area contributed by atoms with Gasteiger partial charge in [0.2, 0.25) is 0 Å². The number of nitrogens with one attached hydrogen (secondary N) is 1. The Morgan fingerprint density at radius 3 is 2.58 bits per heavy atom. The highest BCUT2D eigenvalue weighted by Crippen LogP contribution is 2.04. The van der Waals surface area contributed by atoms with E-state index in [2.05, 4.69) is 23.4 Å². The van der Waals surface area contributed by atoms with Crippen LogP contribution in [0.5, 0.6) is 0 Å². The number of hydrogen-bond acceptors (Lipinski definition) is 1. The molecule has 0 amide bonds. The van der Waals surface area contributed by atoms with E-state index in [1.807, 2.05) is 55.6 Å². The zero-order valence-corrected chi connectivity index (χ0v) is 10.9. The Kier molecular flexibility index (Phi) is 3.90. The Morgan fingerprint density at radius 1 is 1.26 bits per heavy atom. The van der Waals surface area contributed by atoms with Crippen LogP contribution in [0.25, 0.3) is 12.2 Å². The average Bonchev–Trinajstić information content (AvgIpc) is 2.83. The van der Waals surface area contributed by atoms with Crippen LogP contribution in [-0.2, 0) is 0 Å². The van der Waals surface area contributed by atoms with E-state index < -0.39 is 0 Å². The lowest BCUT2D eigenvalue weighted by Crippen LogP contribution is -2.22. The van der Waals surface area contributed by atoms with Gasteiger partial charge in [0, 0.05) is 33.6 Å². The van der Waals surface area contributed by atoms with E-state index in [1.165, 1.54) is 0 Å². The highest BCUT2D eigenvalue weighted by atomic mass is 14.6. The molecule has 0 aliphatic carbocycles. The number of anilines is 1. The molecule has 0 unspecified atom stereocenters. The number of aromatic nitrogens is 1. The summed E-state index contributed by atoms with van der Waals surface area (Å²) in [5.41, 5.74) is 8.29. The molecule has 0 saturated heterocycles. The van der Waals surface area contributed by atoms with Gasteiger partial charge in [0.15, 0.2) is 0 Å². The fraction of sp³-hybridized carbons (Fsp3) is 0.0588. The quantitative estimate of drug-likeness (QED) is 0.586. The van der Waals surface area contributed by atoms with Crippen LogP contribution >= 0.6 is 0 Å². The molecule has 2 nitrogen and oxygen atoms in total. The molecule has 0 aliphatic rings. The molecule has 0 aliphatic heterocycles. The van der Waals surface area contributed by atoms with Gasteiger partial charge in [-0.25, -0.2) is 0 Å². The monoisotopic (exact) mass is 248 g/mol. The van der Waals surface area contributed by atoms with Crippen molar-refractivity contribution in [3.05, 3.63) is 64.8 Å². The van der Waals surface area contributed by atoms with Gasteiger partial charge in [-0.3, -0.25) is 0 Å². The van der Waals surface area contributed by atoms with E-state index in [9.17, 15) is 0 Å². The molecular weight excluding hydrogens is 232 g/mol. The summed E-state index contributed by atoms with van der Waals surface area (Å²) in [6.07, 6.45) is 5.83. The van der Waals surface area contributed by atoms with Crippen molar-refractivity contribution in [3.63, 3.8) is 0 Å². The maximum Gasteiger partial charge on any atom is 0.0393 e. The maximum atomic E-state index is 5.65. The third-order valence-corrected chi connectivity index (χ3v) is 2.71. The first kappa shape index (κ1) is 12.8. The van der Waals surface area contributed by atoms with Crippen LogP contribution in [0.1, 0.15) is 12.5 Å². The Labute approximate surface area is 113 Å². The summed E-state index contributed by atoms with van der Waals surface area (Å²) in [7, 11) is 0. The predicted octanol–water partition coefficient (Wildman–Crippen LogP) is 1.79. The van der Waals surface area contributed by atoms with Crippen LogP contribution < -0.4 is 16.3 Å². The molecule has 3 N–H and O–H groups in total. The molecule has 0 bridgehead atoms. The molecule has 0 fully saturated rings. The molecule has 2 aromatic rings. The van der Waals surface area contributed by atoms with E-state index >= 15 is 0 Å². The Hall–Kier alpha value is -2.66. The van der Waals surface area contributed by atoms with Crippen LogP contribution in [0.15, 0.2) is 48.7 Å². The zero-order valence-electron chi connectivity index (χ0n) is 10.9. The van der Waals surface area contributed by atoms with Gasteiger partial charge in [0.1, 0.15) is 0 Å². The third-order valence-electron chi connectivity index (χ3n) is 2.71. The van der Waals surface area contributed by atoms with Crippen molar-refractivity contribution in [3.8, 4) is 11.8 Å². The lowest BCUT2D eigenvalue weighted by atomic mass is 10.1. The lowest BCUT2D eigenvalue weighted by Gasteiger charge is -1.92. The average molecular weight is 248 g/mol. The predicted molar refractivity (Wildman–Crippen MR) is 81.5 cm³/mol. The Morgan fingerprint density at radius 2 is 2.00 bits per heavy atom. The highest BCUT2D eigenvalue weighted by Gasteiger charge is 1.92. The minimum atomic E-state index is 0.744. The van der Waals surface area contributed by atoms with Crippen LogP contribution in [0.4, 0.5) is 5.69 Å².